The fourth-order valence-electron chi connectivity index (χ4n) is 4.55. The van der Waals surface area contributed by atoms with Crippen molar-refractivity contribution in [2.45, 2.75) is 16.2 Å². The third kappa shape index (κ3) is 5.72. The number of fused-ring (bicyclic) bond motifs is 1. The smallest absolute Gasteiger partial charge is 0.338 e. The highest BCUT2D eigenvalue weighted by Crippen LogP contribution is 2.32. The second-order valence-corrected chi connectivity index (χ2v) is 13.0. The van der Waals surface area contributed by atoms with E-state index in [4.69, 9.17) is 9.47 Å². The Bertz CT molecular complexity index is 1650. The van der Waals surface area contributed by atoms with E-state index in [1.54, 1.807) is 12.1 Å². The van der Waals surface area contributed by atoms with Crippen LogP contribution < -0.4 is 9.62 Å². The summed E-state index contributed by atoms with van der Waals surface area (Å²) < 4.78 is 65.3. The van der Waals surface area contributed by atoms with Crippen LogP contribution in [0.1, 0.15) is 15.9 Å². The number of para-hydroxylation sites is 1. The van der Waals surface area contributed by atoms with Gasteiger partial charge in [0.05, 0.1) is 34.3 Å². The van der Waals surface area contributed by atoms with Crippen molar-refractivity contribution in [2.24, 2.45) is 0 Å². The molecule has 11 nitrogen and oxygen atoms in total. The number of morpholine rings is 1. The highest BCUT2D eigenvalue weighted by molar-refractivity contribution is 7.92. The largest absolute Gasteiger partial charge is 0.452 e. The molecule has 0 aromatic heterocycles. The van der Waals surface area contributed by atoms with Gasteiger partial charge >= 0.3 is 5.97 Å². The van der Waals surface area contributed by atoms with E-state index >= 15 is 0 Å². The molecule has 2 aliphatic rings. The number of nitrogens with zero attached hydrogens (tertiary/aromatic N) is 2. The Kier molecular flexibility index (Phi) is 7.90. The Morgan fingerprint density at radius 1 is 0.825 bits per heavy atom. The summed E-state index contributed by atoms with van der Waals surface area (Å²) in [5.41, 5.74) is 1.72. The number of carbonyl (C=O) groups is 2. The molecule has 5 rings (SSSR count). The first-order valence-corrected chi connectivity index (χ1v) is 15.4. The minimum atomic E-state index is -3.92. The molecule has 1 amide bonds. The first-order chi connectivity index (χ1) is 19.2. The van der Waals surface area contributed by atoms with Gasteiger partial charge in [-0.1, -0.05) is 30.3 Å². The van der Waals surface area contributed by atoms with Gasteiger partial charge in [0.15, 0.2) is 6.61 Å². The lowest BCUT2D eigenvalue weighted by Crippen LogP contribution is -2.40. The van der Waals surface area contributed by atoms with E-state index in [9.17, 15) is 26.4 Å². The summed E-state index contributed by atoms with van der Waals surface area (Å²) in [5, 5.41) is 2.52. The van der Waals surface area contributed by atoms with Crippen LogP contribution in [0.15, 0.2) is 82.6 Å². The SMILES string of the molecule is O=C(COC(=O)c1cccc(S(=O)(=O)N2CCc3ccccc32)c1)Nc1cccc(S(=O)(=O)N2CCOCC2)c1. The van der Waals surface area contributed by atoms with Gasteiger partial charge in [0.25, 0.3) is 15.9 Å². The van der Waals surface area contributed by atoms with Crippen molar-refractivity contribution < 1.29 is 35.9 Å². The number of hydrogen-bond donors (Lipinski definition) is 1. The summed E-state index contributed by atoms with van der Waals surface area (Å²) in [4.78, 5) is 25.1. The van der Waals surface area contributed by atoms with Crippen LogP contribution in [0.2, 0.25) is 0 Å². The predicted octanol–water partition coefficient (Wildman–Crippen LogP) is 2.25. The molecule has 1 N–H and O–H groups in total. The molecular weight excluding hydrogens is 558 g/mol. The summed E-state index contributed by atoms with van der Waals surface area (Å²) in [6, 6.07) is 18.5. The average molecular weight is 586 g/mol. The van der Waals surface area contributed by atoms with Crippen LogP contribution in [0.4, 0.5) is 11.4 Å². The first-order valence-electron chi connectivity index (χ1n) is 12.5. The number of esters is 1. The van der Waals surface area contributed by atoms with Gasteiger partial charge in [-0.05, 0) is 54.4 Å². The molecule has 210 valence electrons. The van der Waals surface area contributed by atoms with E-state index in [0.717, 1.165) is 5.56 Å². The lowest BCUT2D eigenvalue weighted by molar-refractivity contribution is -0.119. The molecule has 13 heteroatoms. The van der Waals surface area contributed by atoms with Crippen molar-refractivity contribution in [3.8, 4) is 0 Å². The van der Waals surface area contributed by atoms with Gasteiger partial charge in [0, 0.05) is 25.3 Å². The van der Waals surface area contributed by atoms with Gasteiger partial charge in [-0.2, -0.15) is 4.31 Å². The van der Waals surface area contributed by atoms with Crippen molar-refractivity contribution in [3.63, 3.8) is 0 Å². The monoisotopic (exact) mass is 585 g/mol. The van der Waals surface area contributed by atoms with Crippen LogP contribution in [0.5, 0.6) is 0 Å². The van der Waals surface area contributed by atoms with Crippen LogP contribution in [0, 0.1) is 0 Å². The maximum atomic E-state index is 13.3. The minimum absolute atomic E-state index is 0.0165. The molecule has 3 aromatic carbocycles. The Morgan fingerprint density at radius 3 is 2.30 bits per heavy atom. The van der Waals surface area contributed by atoms with E-state index in [-0.39, 0.29) is 34.1 Å². The molecular formula is C27H27N3O8S2. The molecule has 0 radical (unpaired) electrons. The second kappa shape index (κ2) is 11.4. The third-order valence-corrected chi connectivity index (χ3v) is 10.3. The van der Waals surface area contributed by atoms with E-state index in [1.165, 1.54) is 57.1 Å². The van der Waals surface area contributed by atoms with Crippen molar-refractivity contribution >= 4 is 43.3 Å². The molecule has 0 saturated carbocycles. The molecule has 0 unspecified atom stereocenters. The van der Waals surface area contributed by atoms with E-state index < -0.39 is 38.5 Å². The highest BCUT2D eigenvalue weighted by Gasteiger charge is 2.31. The zero-order valence-electron chi connectivity index (χ0n) is 21.4. The van der Waals surface area contributed by atoms with Gasteiger partial charge in [-0.25, -0.2) is 21.6 Å². The highest BCUT2D eigenvalue weighted by atomic mass is 32.2. The van der Waals surface area contributed by atoms with Gasteiger partial charge in [-0.15, -0.1) is 0 Å². The molecule has 2 aliphatic heterocycles. The van der Waals surface area contributed by atoms with Gasteiger partial charge in [0.1, 0.15) is 0 Å². The van der Waals surface area contributed by atoms with Gasteiger partial charge in [-0.3, -0.25) is 9.10 Å². The third-order valence-electron chi connectivity index (χ3n) is 6.56. The molecule has 0 spiro atoms. The lowest BCUT2D eigenvalue weighted by Gasteiger charge is -2.26. The van der Waals surface area contributed by atoms with Crippen LogP contribution in [0.25, 0.3) is 0 Å². The summed E-state index contributed by atoms with van der Waals surface area (Å²) >= 11 is 0. The molecule has 0 atom stereocenters. The summed E-state index contributed by atoms with van der Waals surface area (Å²) in [5.74, 6) is -1.57. The molecule has 1 saturated heterocycles. The quantitative estimate of drug-likeness (QED) is 0.397. The number of sulfonamides is 2. The zero-order valence-corrected chi connectivity index (χ0v) is 23.0. The van der Waals surface area contributed by atoms with E-state index in [0.29, 0.717) is 31.9 Å². The maximum Gasteiger partial charge on any atom is 0.338 e. The van der Waals surface area contributed by atoms with Crippen molar-refractivity contribution in [3.05, 3.63) is 83.9 Å². The normalized spacial score (nSPS) is 15.8. The zero-order chi connectivity index (χ0) is 28.3. The fourth-order valence-corrected chi connectivity index (χ4v) is 7.55. The Labute approximate surface area is 232 Å². The Hall–Kier alpha value is -3.78. The molecule has 0 aliphatic carbocycles. The molecule has 0 bridgehead atoms. The Balaban J connectivity index is 1.22. The topological polar surface area (TPSA) is 139 Å². The maximum absolute atomic E-state index is 13.3. The van der Waals surface area contributed by atoms with Crippen LogP contribution >= 0.6 is 0 Å². The lowest BCUT2D eigenvalue weighted by atomic mass is 10.2. The summed E-state index contributed by atoms with van der Waals surface area (Å²) in [6.45, 7) is 0.733. The number of nitrogens with one attached hydrogen (secondary N) is 1. The number of amides is 1. The molecule has 3 aromatic rings. The van der Waals surface area contributed by atoms with Gasteiger partial charge in [0.2, 0.25) is 10.0 Å². The number of rotatable bonds is 8. The fraction of sp³-hybridized carbons (Fsp3) is 0.259. The number of benzene rings is 3. The summed E-state index contributed by atoms with van der Waals surface area (Å²) in [6.07, 6.45) is 0.592. The second-order valence-electron chi connectivity index (χ2n) is 9.15. The molecule has 40 heavy (non-hydrogen) atoms. The van der Waals surface area contributed by atoms with Crippen LogP contribution in [0.3, 0.4) is 0 Å². The number of anilines is 2. The number of ether oxygens (including phenoxy) is 2. The van der Waals surface area contributed by atoms with Crippen molar-refractivity contribution in [1.29, 1.82) is 0 Å². The number of hydrogen-bond acceptors (Lipinski definition) is 8. The Morgan fingerprint density at radius 2 is 1.52 bits per heavy atom. The molecule has 1 fully saturated rings. The van der Waals surface area contributed by atoms with Crippen LogP contribution in [-0.4, -0.2) is 72.5 Å². The summed E-state index contributed by atoms with van der Waals surface area (Å²) in [7, 11) is -7.67. The number of carbonyl (C=O) groups excluding carboxylic acids is 2. The van der Waals surface area contributed by atoms with Crippen molar-refractivity contribution in [1.82, 2.24) is 4.31 Å². The first kappa shape index (κ1) is 27.8. The standard InChI is InChI=1S/C27H27N3O8S2/c31-26(28-22-7-4-9-24(18-22)39(33,34)29-13-15-37-16-14-29)19-38-27(32)21-6-3-8-23(17-21)40(35,36)30-12-11-20-5-1-2-10-25(20)30/h1-10,17-18H,11-16,19H2,(H,28,31). The van der Waals surface area contributed by atoms with Crippen LogP contribution in [-0.2, 0) is 40.7 Å². The van der Waals surface area contributed by atoms with E-state index in [2.05, 4.69) is 5.32 Å². The average Bonchev–Trinajstić information content (AvgIpc) is 3.42. The van der Waals surface area contributed by atoms with Gasteiger partial charge < -0.3 is 14.8 Å². The predicted molar refractivity (Wildman–Crippen MR) is 146 cm³/mol. The van der Waals surface area contributed by atoms with E-state index in [1.807, 2.05) is 12.1 Å². The minimum Gasteiger partial charge on any atom is -0.452 e. The van der Waals surface area contributed by atoms with Crippen molar-refractivity contribution in [2.75, 3.05) is 49.1 Å². The molecule has 2 heterocycles.